The fourth-order valence-electron chi connectivity index (χ4n) is 2.32. The van der Waals surface area contributed by atoms with Crippen LogP contribution in [0.3, 0.4) is 0 Å². The molecule has 2 rings (SSSR count). The summed E-state index contributed by atoms with van der Waals surface area (Å²) >= 11 is 0. The molecule has 0 aliphatic heterocycles. The van der Waals surface area contributed by atoms with Crippen molar-refractivity contribution < 1.29 is 4.79 Å². The van der Waals surface area contributed by atoms with E-state index in [-0.39, 0.29) is 5.91 Å². The molecule has 1 aliphatic carbocycles. The molecule has 0 radical (unpaired) electrons. The molecular weight excluding hydrogens is 214 g/mol. The van der Waals surface area contributed by atoms with Crippen molar-refractivity contribution in [1.82, 2.24) is 14.9 Å². The molecule has 0 unspecified atom stereocenters. The van der Waals surface area contributed by atoms with Gasteiger partial charge in [-0.15, -0.1) is 0 Å². The summed E-state index contributed by atoms with van der Waals surface area (Å²) in [6.45, 7) is 1.87. The quantitative estimate of drug-likeness (QED) is 0.786. The van der Waals surface area contributed by atoms with E-state index in [4.69, 9.17) is 0 Å². The van der Waals surface area contributed by atoms with Crippen molar-refractivity contribution in [2.24, 2.45) is 0 Å². The SMILES string of the molecule is Cc1cnc(C(=O)N(C)C2CCCCC2)cn1. The Hall–Kier alpha value is -1.45. The summed E-state index contributed by atoms with van der Waals surface area (Å²) in [6.07, 6.45) is 9.18. The number of hydrogen-bond donors (Lipinski definition) is 0. The molecule has 92 valence electrons. The third-order valence-electron chi connectivity index (χ3n) is 3.44. The summed E-state index contributed by atoms with van der Waals surface area (Å²) in [5, 5.41) is 0. The molecule has 1 fully saturated rings. The number of rotatable bonds is 2. The first-order valence-electron chi connectivity index (χ1n) is 6.24. The van der Waals surface area contributed by atoms with Crippen molar-refractivity contribution in [1.29, 1.82) is 0 Å². The Morgan fingerprint density at radius 1 is 1.24 bits per heavy atom. The van der Waals surface area contributed by atoms with Crippen LogP contribution in [0.25, 0.3) is 0 Å². The van der Waals surface area contributed by atoms with Gasteiger partial charge in [-0.05, 0) is 19.8 Å². The summed E-state index contributed by atoms with van der Waals surface area (Å²) in [7, 11) is 1.87. The maximum atomic E-state index is 12.2. The van der Waals surface area contributed by atoms with Gasteiger partial charge in [0.05, 0.1) is 11.9 Å². The molecule has 4 nitrogen and oxygen atoms in total. The van der Waals surface area contributed by atoms with Crippen molar-refractivity contribution in [2.75, 3.05) is 7.05 Å². The predicted octanol–water partition coefficient (Wildman–Crippen LogP) is 2.19. The van der Waals surface area contributed by atoms with Gasteiger partial charge in [0.1, 0.15) is 5.69 Å². The molecule has 1 aromatic heterocycles. The van der Waals surface area contributed by atoms with Crippen molar-refractivity contribution >= 4 is 5.91 Å². The second-order valence-electron chi connectivity index (χ2n) is 4.75. The predicted molar refractivity (Wildman–Crippen MR) is 65.7 cm³/mol. The van der Waals surface area contributed by atoms with E-state index < -0.39 is 0 Å². The lowest BCUT2D eigenvalue weighted by molar-refractivity contribution is 0.0690. The van der Waals surface area contributed by atoms with Crippen LogP contribution in [0.4, 0.5) is 0 Å². The smallest absolute Gasteiger partial charge is 0.274 e. The molecule has 0 atom stereocenters. The average Bonchev–Trinajstić information content (AvgIpc) is 2.39. The van der Waals surface area contributed by atoms with Crippen LogP contribution in [-0.4, -0.2) is 33.9 Å². The average molecular weight is 233 g/mol. The molecule has 0 N–H and O–H groups in total. The zero-order valence-corrected chi connectivity index (χ0v) is 10.5. The highest BCUT2D eigenvalue weighted by Gasteiger charge is 2.23. The Labute approximate surface area is 102 Å². The number of hydrogen-bond acceptors (Lipinski definition) is 3. The molecule has 1 amide bonds. The Balaban J connectivity index is 2.05. The van der Waals surface area contributed by atoms with Crippen molar-refractivity contribution in [3.63, 3.8) is 0 Å². The van der Waals surface area contributed by atoms with E-state index >= 15 is 0 Å². The lowest BCUT2D eigenvalue weighted by Gasteiger charge is -2.30. The molecule has 1 aliphatic rings. The first kappa shape index (κ1) is 12.0. The Bertz CT molecular complexity index is 382. The van der Waals surface area contributed by atoms with Crippen LogP contribution < -0.4 is 0 Å². The Kier molecular flexibility index (Phi) is 3.71. The minimum atomic E-state index is -0.00981. The lowest BCUT2D eigenvalue weighted by Crippen LogP contribution is -2.38. The van der Waals surface area contributed by atoms with Crippen LogP contribution in [0.2, 0.25) is 0 Å². The molecular formula is C13H19N3O. The molecule has 0 bridgehead atoms. The maximum absolute atomic E-state index is 12.2. The van der Waals surface area contributed by atoms with E-state index in [2.05, 4.69) is 9.97 Å². The standard InChI is InChI=1S/C13H19N3O/c1-10-8-15-12(9-14-10)13(17)16(2)11-6-4-3-5-7-11/h8-9,11H,3-7H2,1-2H3. The molecule has 1 heterocycles. The minimum Gasteiger partial charge on any atom is -0.337 e. The van der Waals surface area contributed by atoms with Gasteiger partial charge in [0.2, 0.25) is 0 Å². The van der Waals surface area contributed by atoms with Crippen LogP contribution in [0.5, 0.6) is 0 Å². The van der Waals surface area contributed by atoms with Crippen molar-refractivity contribution in [3.05, 3.63) is 23.8 Å². The monoisotopic (exact) mass is 233 g/mol. The zero-order valence-electron chi connectivity index (χ0n) is 10.5. The molecule has 1 aromatic rings. The lowest BCUT2D eigenvalue weighted by atomic mass is 9.94. The first-order valence-corrected chi connectivity index (χ1v) is 6.24. The van der Waals surface area contributed by atoms with Gasteiger partial charge in [0, 0.05) is 19.3 Å². The third-order valence-corrected chi connectivity index (χ3v) is 3.44. The van der Waals surface area contributed by atoms with Gasteiger partial charge >= 0.3 is 0 Å². The second kappa shape index (κ2) is 5.25. The van der Waals surface area contributed by atoms with Gasteiger partial charge in [0.25, 0.3) is 5.91 Å². The second-order valence-corrected chi connectivity index (χ2v) is 4.75. The number of nitrogens with zero attached hydrogens (tertiary/aromatic N) is 3. The van der Waals surface area contributed by atoms with Crippen molar-refractivity contribution in [2.45, 2.75) is 45.1 Å². The van der Waals surface area contributed by atoms with E-state index in [1.807, 2.05) is 18.9 Å². The highest BCUT2D eigenvalue weighted by Crippen LogP contribution is 2.22. The summed E-state index contributed by atoms with van der Waals surface area (Å²) < 4.78 is 0. The van der Waals surface area contributed by atoms with Crippen LogP contribution in [0.15, 0.2) is 12.4 Å². The summed E-state index contributed by atoms with van der Waals surface area (Å²) in [4.78, 5) is 22.3. The highest BCUT2D eigenvalue weighted by atomic mass is 16.2. The fraction of sp³-hybridized carbons (Fsp3) is 0.615. The molecule has 1 saturated carbocycles. The molecule has 0 saturated heterocycles. The Morgan fingerprint density at radius 2 is 1.94 bits per heavy atom. The minimum absolute atomic E-state index is 0.00981. The Morgan fingerprint density at radius 3 is 2.53 bits per heavy atom. The molecule has 4 heteroatoms. The number of carbonyl (C=O) groups excluding carboxylic acids is 1. The van der Waals surface area contributed by atoms with Crippen LogP contribution in [0.1, 0.15) is 48.3 Å². The number of aryl methyl sites for hydroxylation is 1. The van der Waals surface area contributed by atoms with Crippen molar-refractivity contribution in [3.8, 4) is 0 Å². The first-order chi connectivity index (χ1) is 8.18. The van der Waals surface area contributed by atoms with Gasteiger partial charge in [-0.2, -0.15) is 0 Å². The van der Waals surface area contributed by atoms with Gasteiger partial charge < -0.3 is 4.90 Å². The molecule has 0 aromatic carbocycles. The van der Waals surface area contributed by atoms with E-state index in [0.29, 0.717) is 11.7 Å². The fourth-order valence-corrected chi connectivity index (χ4v) is 2.32. The largest absolute Gasteiger partial charge is 0.337 e. The van der Waals surface area contributed by atoms with Gasteiger partial charge in [-0.25, -0.2) is 4.98 Å². The van der Waals surface area contributed by atoms with E-state index in [1.165, 1.54) is 19.3 Å². The summed E-state index contributed by atoms with van der Waals surface area (Å²) in [5.74, 6) is -0.00981. The van der Waals surface area contributed by atoms with Crippen LogP contribution in [0, 0.1) is 6.92 Å². The van der Waals surface area contributed by atoms with Gasteiger partial charge in [-0.3, -0.25) is 9.78 Å². The van der Waals surface area contributed by atoms with E-state index in [0.717, 1.165) is 18.5 Å². The third kappa shape index (κ3) is 2.81. The van der Waals surface area contributed by atoms with Crippen LogP contribution >= 0.6 is 0 Å². The van der Waals surface area contributed by atoms with Gasteiger partial charge in [0.15, 0.2) is 0 Å². The molecule has 17 heavy (non-hydrogen) atoms. The number of aromatic nitrogens is 2. The topological polar surface area (TPSA) is 46.1 Å². The number of amides is 1. The summed E-state index contributed by atoms with van der Waals surface area (Å²) in [5.41, 5.74) is 1.28. The normalized spacial score (nSPS) is 16.8. The van der Waals surface area contributed by atoms with E-state index in [9.17, 15) is 4.79 Å². The summed E-state index contributed by atoms with van der Waals surface area (Å²) in [6, 6.07) is 0.374. The highest BCUT2D eigenvalue weighted by molar-refractivity contribution is 5.92. The van der Waals surface area contributed by atoms with E-state index in [1.54, 1.807) is 12.4 Å². The molecule has 0 spiro atoms. The van der Waals surface area contributed by atoms with Gasteiger partial charge in [-0.1, -0.05) is 19.3 Å². The maximum Gasteiger partial charge on any atom is 0.274 e. The number of carbonyl (C=O) groups is 1. The zero-order chi connectivity index (χ0) is 12.3. The van der Waals surface area contributed by atoms with Crippen LogP contribution in [-0.2, 0) is 0 Å².